The summed E-state index contributed by atoms with van der Waals surface area (Å²) in [4.78, 5) is 37.3. The fourth-order valence-corrected chi connectivity index (χ4v) is 5.79. The number of benzene rings is 1. The van der Waals surface area contributed by atoms with Crippen LogP contribution in [-0.2, 0) is 4.74 Å². The number of fused-ring (bicyclic) bond motifs is 1. The van der Waals surface area contributed by atoms with Crippen LogP contribution in [0.4, 0.5) is 23.3 Å². The number of hydroxylamine groups is 1. The van der Waals surface area contributed by atoms with Crippen molar-refractivity contribution in [3.8, 4) is 17.1 Å². The Labute approximate surface area is 238 Å². The normalized spacial score (nSPS) is 18.7. The number of nitrogens with one attached hydrogen (secondary N) is 2. The molecule has 6 rings (SSSR count). The van der Waals surface area contributed by atoms with Crippen molar-refractivity contribution in [1.82, 2.24) is 25.4 Å². The minimum Gasteiger partial charge on any atom is -0.497 e. The summed E-state index contributed by atoms with van der Waals surface area (Å²) in [6, 6.07) is 8.20. The van der Waals surface area contributed by atoms with Gasteiger partial charge in [-0.2, -0.15) is 0 Å². The number of carbonyl (C=O) groups is 1. The molecule has 0 spiro atoms. The van der Waals surface area contributed by atoms with Gasteiger partial charge in [-0.05, 0) is 37.1 Å². The van der Waals surface area contributed by atoms with Crippen molar-refractivity contribution in [1.29, 1.82) is 0 Å². The van der Waals surface area contributed by atoms with Crippen LogP contribution < -0.4 is 30.2 Å². The molecule has 1 amide bonds. The topological polar surface area (TPSA) is 141 Å². The van der Waals surface area contributed by atoms with E-state index in [0.29, 0.717) is 37.6 Å². The molecule has 13 nitrogen and oxygen atoms in total. The highest BCUT2D eigenvalue weighted by Gasteiger charge is 2.40. The number of ether oxygens (including phenoxy) is 2. The second-order valence-electron chi connectivity index (χ2n) is 10.5. The second kappa shape index (κ2) is 11.7. The third-order valence-electron chi connectivity index (χ3n) is 7.93. The Balaban J connectivity index is 1.36. The average Bonchev–Trinajstić information content (AvgIpc) is 3.68. The molecule has 41 heavy (non-hydrogen) atoms. The maximum atomic E-state index is 11.7. The standard InChI is InChI=1S/C28H35N9O4/c1-35(28-29-15-19(16-30-28)27(38)34-39)17-22-31-23-25(36-11-13-41-14-12-36)32-24(18-7-9-21(40-2)10-8-18)33-26(23)37(22)20-5-3-4-6-20/h7-10,15-16,20,22,31,39H,3-6,11-14,17H2,1-2H3,(H,34,38). The quantitative estimate of drug-likeness (QED) is 0.275. The van der Waals surface area contributed by atoms with Crippen molar-refractivity contribution in [2.75, 3.05) is 67.0 Å². The van der Waals surface area contributed by atoms with Crippen LogP contribution in [0.5, 0.6) is 5.75 Å². The van der Waals surface area contributed by atoms with Crippen LogP contribution >= 0.6 is 0 Å². The molecular formula is C28H35N9O4. The highest BCUT2D eigenvalue weighted by Crippen LogP contribution is 2.44. The summed E-state index contributed by atoms with van der Waals surface area (Å²) in [6.45, 7) is 3.37. The Hall–Kier alpha value is -4.23. The fourth-order valence-electron chi connectivity index (χ4n) is 5.79. The van der Waals surface area contributed by atoms with Gasteiger partial charge in [0.05, 0.1) is 32.4 Å². The summed E-state index contributed by atoms with van der Waals surface area (Å²) in [7, 11) is 3.58. The molecule has 2 fully saturated rings. The number of methoxy groups -OCH3 is 1. The van der Waals surface area contributed by atoms with Crippen molar-refractivity contribution in [3.05, 3.63) is 42.2 Å². The fraction of sp³-hybridized carbons (Fsp3) is 0.464. The third-order valence-corrected chi connectivity index (χ3v) is 7.93. The molecule has 1 unspecified atom stereocenters. The zero-order chi connectivity index (χ0) is 28.3. The van der Waals surface area contributed by atoms with E-state index in [9.17, 15) is 4.79 Å². The molecule has 2 aliphatic heterocycles. The molecule has 1 aromatic carbocycles. The molecule has 1 aliphatic carbocycles. The smallest absolute Gasteiger partial charge is 0.277 e. The number of likely N-dealkylation sites (N-methyl/N-ethyl adjacent to an activating group) is 1. The zero-order valence-electron chi connectivity index (χ0n) is 23.3. The lowest BCUT2D eigenvalue weighted by Gasteiger charge is -2.34. The first kappa shape index (κ1) is 27.0. The van der Waals surface area contributed by atoms with Gasteiger partial charge in [-0.3, -0.25) is 10.0 Å². The van der Waals surface area contributed by atoms with Crippen molar-refractivity contribution in [2.24, 2.45) is 0 Å². The number of rotatable bonds is 8. The SMILES string of the molecule is COc1ccc(-c2nc(N3CCOCC3)c3c(n2)N(C2CCCC2)C(CN(C)c2ncc(C(=O)NO)cn2)N3)cc1. The van der Waals surface area contributed by atoms with Gasteiger partial charge in [-0.15, -0.1) is 0 Å². The number of carbonyl (C=O) groups excluding carboxylic acids is 1. The van der Waals surface area contributed by atoms with Crippen LogP contribution in [0.1, 0.15) is 36.0 Å². The van der Waals surface area contributed by atoms with Gasteiger partial charge in [0.15, 0.2) is 17.5 Å². The lowest BCUT2D eigenvalue weighted by molar-refractivity contribution is 0.0705. The summed E-state index contributed by atoms with van der Waals surface area (Å²) in [5, 5.41) is 12.7. The molecular weight excluding hydrogens is 526 g/mol. The van der Waals surface area contributed by atoms with Crippen LogP contribution in [0.25, 0.3) is 11.4 Å². The van der Waals surface area contributed by atoms with Crippen LogP contribution in [0.3, 0.4) is 0 Å². The number of hydrogen-bond acceptors (Lipinski definition) is 12. The summed E-state index contributed by atoms with van der Waals surface area (Å²) >= 11 is 0. The summed E-state index contributed by atoms with van der Waals surface area (Å²) < 4.78 is 11.0. The zero-order valence-corrected chi connectivity index (χ0v) is 23.3. The van der Waals surface area contributed by atoms with E-state index < -0.39 is 5.91 Å². The highest BCUT2D eigenvalue weighted by atomic mass is 16.5. The van der Waals surface area contributed by atoms with Crippen molar-refractivity contribution in [3.63, 3.8) is 0 Å². The third kappa shape index (κ3) is 5.42. The minimum atomic E-state index is -0.651. The molecule has 3 aromatic rings. The number of amides is 1. The first-order valence-electron chi connectivity index (χ1n) is 14.0. The predicted molar refractivity (Wildman–Crippen MR) is 154 cm³/mol. The highest BCUT2D eigenvalue weighted by molar-refractivity contribution is 5.92. The van der Waals surface area contributed by atoms with E-state index in [0.717, 1.165) is 54.6 Å². The van der Waals surface area contributed by atoms with Gasteiger partial charge in [-0.1, -0.05) is 12.8 Å². The van der Waals surface area contributed by atoms with E-state index >= 15 is 0 Å². The van der Waals surface area contributed by atoms with E-state index in [1.807, 2.05) is 36.2 Å². The number of aromatic nitrogens is 4. The van der Waals surface area contributed by atoms with Gasteiger partial charge in [0.2, 0.25) is 5.95 Å². The van der Waals surface area contributed by atoms with E-state index in [1.165, 1.54) is 25.2 Å². The Morgan fingerprint density at radius 2 is 1.80 bits per heavy atom. The Morgan fingerprint density at radius 1 is 1.12 bits per heavy atom. The number of anilines is 4. The van der Waals surface area contributed by atoms with Gasteiger partial charge >= 0.3 is 0 Å². The first-order valence-corrected chi connectivity index (χ1v) is 14.0. The molecule has 3 aliphatic rings. The van der Waals surface area contributed by atoms with Crippen LogP contribution in [0.15, 0.2) is 36.7 Å². The molecule has 4 heterocycles. The molecule has 0 radical (unpaired) electrons. The van der Waals surface area contributed by atoms with Crippen LogP contribution in [-0.4, -0.2) is 90.3 Å². The van der Waals surface area contributed by atoms with E-state index in [-0.39, 0.29) is 11.7 Å². The number of hydrogen-bond donors (Lipinski definition) is 3. The molecule has 13 heteroatoms. The van der Waals surface area contributed by atoms with Crippen molar-refractivity contribution >= 4 is 29.2 Å². The summed E-state index contributed by atoms with van der Waals surface area (Å²) in [5.74, 6) is 3.07. The number of nitrogens with zero attached hydrogens (tertiary/aromatic N) is 7. The van der Waals surface area contributed by atoms with Gasteiger partial charge in [0.25, 0.3) is 5.91 Å². The molecule has 216 valence electrons. The Bertz CT molecular complexity index is 1360. The van der Waals surface area contributed by atoms with Gasteiger partial charge < -0.3 is 29.5 Å². The molecule has 1 saturated heterocycles. The minimum absolute atomic E-state index is 0.0951. The summed E-state index contributed by atoms with van der Waals surface area (Å²) in [5.41, 5.74) is 3.65. The largest absolute Gasteiger partial charge is 0.497 e. The van der Waals surface area contributed by atoms with Gasteiger partial charge in [0.1, 0.15) is 17.6 Å². The average molecular weight is 562 g/mol. The van der Waals surface area contributed by atoms with Crippen molar-refractivity contribution in [2.45, 2.75) is 37.9 Å². The van der Waals surface area contributed by atoms with Crippen LogP contribution in [0.2, 0.25) is 0 Å². The van der Waals surface area contributed by atoms with E-state index in [4.69, 9.17) is 24.6 Å². The lowest BCUT2D eigenvalue weighted by atomic mass is 10.2. The molecule has 1 atom stereocenters. The van der Waals surface area contributed by atoms with Gasteiger partial charge in [-0.25, -0.2) is 25.4 Å². The van der Waals surface area contributed by atoms with Crippen molar-refractivity contribution < 1.29 is 19.5 Å². The molecule has 1 saturated carbocycles. The molecule has 0 bridgehead atoms. The van der Waals surface area contributed by atoms with E-state index in [1.54, 1.807) is 12.6 Å². The maximum Gasteiger partial charge on any atom is 0.277 e. The summed E-state index contributed by atoms with van der Waals surface area (Å²) in [6.07, 6.45) is 7.27. The van der Waals surface area contributed by atoms with Crippen LogP contribution in [0, 0.1) is 0 Å². The molecule has 3 N–H and O–H groups in total. The maximum absolute atomic E-state index is 11.7. The second-order valence-corrected chi connectivity index (χ2v) is 10.5. The first-order chi connectivity index (χ1) is 20.1. The van der Waals surface area contributed by atoms with E-state index in [2.05, 4.69) is 25.1 Å². The Morgan fingerprint density at radius 3 is 2.46 bits per heavy atom. The molecule has 2 aromatic heterocycles. The predicted octanol–water partition coefficient (Wildman–Crippen LogP) is 2.53. The Kier molecular flexibility index (Phi) is 7.70. The monoisotopic (exact) mass is 561 g/mol. The van der Waals surface area contributed by atoms with Gasteiger partial charge in [0, 0.05) is 44.1 Å². The lowest BCUT2D eigenvalue weighted by Crippen LogP contribution is -2.48. The number of morpholine rings is 1.